The minimum atomic E-state index is -1.06. The molecule has 0 aliphatic carbocycles. The minimum Gasteiger partial charge on any atom is -0.481 e. The van der Waals surface area contributed by atoms with Gasteiger partial charge in [-0.15, -0.1) is 0 Å². The highest BCUT2D eigenvalue weighted by Crippen LogP contribution is 2.50. The Morgan fingerprint density at radius 2 is 2.20 bits per heavy atom. The second-order valence-electron chi connectivity index (χ2n) is 5.46. The molecular formula is C15H17NO4. The van der Waals surface area contributed by atoms with Gasteiger partial charge in [0, 0.05) is 25.8 Å². The van der Waals surface area contributed by atoms with Crippen molar-refractivity contribution in [3.05, 3.63) is 29.8 Å². The van der Waals surface area contributed by atoms with E-state index < -0.39 is 17.6 Å². The third kappa shape index (κ3) is 1.55. The molecule has 1 fully saturated rings. The van der Waals surface area contributed by atoms with Crippen molar-refractivity contribution in [3.8, 4) is 5.75 Å². The van der Waals surface area contributed by atoms with Crippen molar-refractivity contribution in [2.24, 2.45) is 5.92 Å². The first kappa shape index (κ1) is 13.0. The van der Waals surface area contributed by atoms with Crippen LogP contribution in [0.25, 0.3) is 0 Å². The summed E-state index contributed by atoms with van der Waals surface area (Å²) >= 11 is 0. The Hall–Kier alpha value is -2.04. The lowest BCUT2D eigenvalue weighted by Crippen LogP contribution is -2.63. The lowest BCUT2D eigenvalue weighted by Gasteiger charge is -2.52. The average molecular weight is 275 g/mol. The smallest absolute Gasteiger partial charge is 0.316 e. The summed E-state index contributed by atoms with van der Waals surface area (Å²) in [5.74, 6) is -2.08. The van der Waals surface area contributed by atoms with E-state index in [1.54, 1.807) is 7.05 Å². The van der Waals surface area contributed by atoms with Crippen LogP contribution in [0.2, 0.25) is 0 Å². The van der Waals surface area contributed by atoms with Gasteiger partial charge in [-0.1, -0.05) is 25.1 Å². The van der Waals surface area contributed by atoms with Crippen LogP contribution >= 0.6 is 0 Å². The van der Waals surface area contributed by atoms with Gasteiger partial charge in [-0.05, 0) is 11.6 Å². The number of amides is 1. The number of nitrogens with zero attached hydrogens (tertiary/aromatic N) is 1. The van der Waals surface area contributed by atoms with Crippen LogP contribution in [0.5, 0.6) is 5.75 Å². The number of rotatable bonds is 2. The van der Waals surface area contributed by atoms with E-state index in [-0.39, 0.29) is 11.8 Å². The molecule has 3 atom stereocenters. The molecule has 3 rings (SSSR count). The molecular weight excluding hydrogens is 258 g/mol. The maximum atomic E-state index is 12.4. The van der Waals surface area contributed by atoms with Crippen LogP contribution in [-0.4, -0.2) is 34.7 Å². The normalized spacial score (nSPS) is 31.5. The topological polar surface area (TPSA) is 66.8 Å². The van der Waals surface area contributed by atoms with Crippen LogP contribution in [0, 0.1) is 5.92 Å². The van der Waals surface area contributed by atoms with Crippen molar-refractivity contribution in [2.45, 2.75) is 31.4 Å². The van der Waals surface area contributed by atoms with Crippen LogP contribution in [0.4, 0.5) is 0 Å². The molecule has 2 heterocycles. The summed E-state index contributed by atoms with van der Waals surface area (Å²) in [5.41, 5.74) is 0.104. The van der Waals surface area contributed by atoms with Gasteiger partial charge in [-0.2, -0.15) is 0 Å². The van der Waals surface area contributed by atoms with Gasteiger partial charge in [0.05, 0.1) is 0 Å². The van der Waals surface area contributed by atoms with Crippen molar-refractivity contribution in [3.63, 3.8) is 0 Å². The summed E-state index contributed by atoms with van der Waals surface area (Å²) in [6.45, 7) is 1.95. The van der Waals surface area contributed by atoms with E-state index in [1.807, 2.05) is 31.2 Å². The fourth-order valence-electron chi connectivity index (χ4n) is 3.40. The summed E-state index contributed by atoms with van der Waals surface area (Å²) in [4.78, 5) is 25.4. The summed E-state index contributed by atoms with van der Waals surface area (Å²) < 4.78 is 6.06. The monoisotopic (exact) mass is 275 g/mol. The molecule has 2 aliphatic rings. The molecule has 1 N–H and O–H groups in total. The van der Waals surface area contributed by atoms with Crippen molar-refractivity contribution in [2.75, 3.05) is 7.05 Å². The number of likely N-dealkylation sites (tertiary alicyclic amines) is 1. The van der Waals surface area contributed by atoms with Gasteiger partial charge in [0.15, 0.2) is 5.72 Å². The minimum absolute atomic E-state index is 0.318. The summed E-state index contributed by atoms with van der Waals surface area (Å²) in [6, 6.07) is 7.41. The lowest BCUT2D eigenvalue weighted by atomic mass is 9.73. The van der Waals surface area contributed by atoms with Gasteiger partial charge in [0.25, 0.3) is 0 Å². The standard InChI is InChI=1S/C15H17NO4/c1-3-15-8-10(9-6-4-5-7-11(9)20-15)12(14(18)19)13(17)16(15)2/h4-7,10,12H,3,8H2,1-2H3,(H,18,19)/t10-,12-,15-/m0/s1. The molecule has 20 heavy (non-hydrogen) atoms. The van der Waals surface area contributed by atoms with E-state index in [4.69, 9.17) is 4.74 Å². The average Bonchev–Trinajstić information content (AvgIpc) is 2.44. The van der Waals surface area contributed by atoms with E-state index >= 15 is 0 Å². The third-order valence-electron chi connectivity index (χ3n) is 4.59. The molecule has 5 heteroatoms. The number of ether oxygens (including phenoxy) is 1. The van der Waals surface area contributed by atoms with Crippen molar-refractivity contribution in [1.82, 2.24) is 4.90 Å². The third-order valence-corrected chi connectivity index (χ3v) is 4.59. The molecule has 2 bridgehead atoms. The number of carboxylic acid groups (broad SMARTS) is 1. The van der Waals surface area contributed by atoms with Gasteiger partial charge < -0.3 is 14.7 Å². The summed E-state index contributed by atoms with van der Waals surface area (Å²) in [5, 5.41) is 9.43. The molecule has 0 aromatic heterocycles. The summed E-state index contributed by atoms with van der Waals surface area (Å²) in [6.07, 6.45) is 1.16. The van der Waals surface area contributed by atoms with Gasteiger partial charge in [0.2, 0.25) is 5.91 Å². The van der Waals surface area contributed by atoms with E-state index in [0.717, 1.165) is 5.56 Å². The van der Waals surface area contributed by atoms with E-state index in [1.165, 1.54) is 4.90 Å². The number of carbonyl (C=O) groups excluding carboxylic acids is 1. The highest BCUT2D eigenvalue weighted by molar-refractivity contribution is 5.99. The maximum Gasteiger partial charge on any atom is 0.316 e. The van der Waals surface area contributed by atoms with Gasteiger partial charge >= 0.3 is 5.97 Å². The number of aliphatic carboxylic acids is 1. The van der Waals surface area contributed by atoms with Crippen LogP contribution in [-0.2, 0) is 9.59 Å². The van der Waals surface area contributed by atoms with Gasteiger partial charge in [0.1, 0.15) is 11.7 Å². The molecule has 0 saturated carbocycles. The quantitative estimate of drug-likeness (QED) is 0.836. The van der Waals surface area contributed by atoms with Crippen molar-refractivity contribution < 1.29 is 19.4 Å². The van der Waals surface area contributed by atoms with Crippen molar-refractivity contribution in [1.29, 1.82) is 0 Å². The molecule has 2 aliphatic heterocycles. The highest BCUT2D eigenvalue weighted by Gasteiger charge is 2.56. The fourth-order valence-corrected chi connectivity index (χ4v) is 3.40. The Balaban J connectivity index is 2.18. The second-order valence-corrected chi connectivity index (χ2v) is 5.46. The Kier molecular flexibility index (Phi) is 2.74. The van der Waals surface area contributed by atoms with Crippen LogP contribution in [0.1, 0.15) is 31.2 Å². The van der Waals surface area contributed by atoms with Crippen LogP contribution < -0.4 is 4.74 Å². The molecule has 1 amide bonds. The first-order valence-electron chi connectivity index (χ1n) is 6.78. The van der Waals surface area contributed by atoms with E-state index in [0.29, 0.717) is 18.6 Å². The van der Waals surface area contributed by atoms with Crippen molar-refractivity contribution >= 4 is 11.9 Å². The molecule has 1 saturated heterocycles. The molecule has 5 nitrogen and oxygen atoms in total. The SMILES string of the molecule is CC[C@@]12C[C@@H](c3ccccc3O1)[C@H](C(=O)O)C(=O)N2C. The number of piperidine rings is 1. The molecule has 0 radical (unpaired) electrons. The zero-order chi connectivity index (χ0) is 14.5. The maximum absolute atomic E-state index is 12.4. The molecule has 0 unspecified atom stereocenters. The Labute approximate surface area is 117 Å². The number of hydrogen-bond acceptors (Lipinski definition) is 3. The zero-order valence-corrected chi connectivity index (χ0v) is 11.5. The number of hydrogen-bond donors (Lipinski definition) is 1. The first-order valence-corrected chi connectivity index (χ1v) is 6.78. The largest absolute Gasteiger partial charge is 0.481 e. The van der Waals surface area contributed by atoms with E-state index in [9.17, 15) is 14.7 Å². The molecule has 106 valence electrons. The van der Waals surface area contributed by atoms with Crippen LogP contribution in [0.3, 0.4) is 0 Å². The number of carboxylic acids is 1. The van der Waals surface area contributed by atoms with Gasteiger partial charge in [-0.25, -0.2) is 0 Å². The highest BCUT2D eigenvalue weighted by atomic mass is 16.5. The number of fused-ring (bicyclic) bond motifs is 4. The first-order chi connectivity index (χ1) is 9.50. The Bertz CT molecular complexity index is 585. The second kappa shape index (κ2) is 4.23. The van der Waals surface area contributed by atoms with E-state index in [2.05, 4.69) is 0 Å². The van der Waals surface area contributed by atoms with Crippen LogP contribution in [0.15, 0.2) is 24.3 Å². The van der Waals surface area contributed by atoms with Gasteiger partial charge in [-0.3, -0.25) is 9.59 Å². The predicted molar refractivity (Wildman–Crippen MR) is 71.3 cm³/mol. The number of benzene rings is 1. The lowest BCUT2D eigenvalue weighted by molar-refractivity contribution is -0.180. The zero-order valence-electron chi connectivity index (χ0n) is 11.5. The fraction of sp³-hybridized carbons (Fsp3) is 0.467. The molecule has 1 aromatic rings. The predicted octanol–water partition coefficient (Wildman–Crippen LogP) is 1.83. The Morgan fingerprint density at radius 3 is 2.85 bits per heavy atom. The molecule has 0 spiro atoms. The number of para-hydroxylation sites is 1. The summed E-state index contributed by atoms with van der Waals surface area (Å²) in [7, 11) is 1.63. The Morgan fingerprint density at radius 1 is 1.50 bits per heavy atom. The molecule has 1 aromatic carbocycles. The number of carbonyl (C=O) groups is 2.